The Morgan fingerprint density at radius 1 is 1.31 bits per heavy atom. The molecule has 1 fully saturated rings. The first-order valence-corrected chi connectivity index (χ1v) is 7.74. The first-order valence-electron chi connectivity index (χ1n) is 5.29. The molecule has 0 bridgehead atoms. The van der Waals surface area contributed by atoms with Crippen LogP contribution in [0.25, 0.3) is 0 Å². The number of allylic oxidation sites excluding steroid dienone is 1. The smallest absolute Gasteiger partial charge is 0.0339 e. The third-order valence-electron chi connectivity index (χ3n) is 2.78. The molecule has 1 saturated carbocycles. The fourth-order valence-electron chi connectivity index (χ4n) is 2.06. The zero-order chi connectivity index (χ0) is 9.10. The molecule has 0 spiro atoms. The van der Waals surface area contributed by atoms with Gasteiger partial charge in [0.15, 0.2) is 0 Å². The van der Waals surface area contributed by atoms with E-state index in [9.17, 15) is 0 Å². The lowest BCUT2D eigenvalue weighted by Gasteiger charge is -2.17. The molecule has 1 atom stereocenters. The lowest BCUT2D eigenvalue weighted by atomic mass is 9.96. The molecule has 0 aromatic heterocycles. The highest BCUT2D eigenvalue weighted by molar-refractivity contribution is 8.34. The molecule has 0 amide bonds. The van der Waals surface area contributed by atoms with Crippen molar-refractivity contribution in [1.82, 2.24) is 0 Å². The molecule has 74 valence electrons. The average molecular weight is 214 g/mol. The molecule has 0 saturated heterocycles. The Morgan fingerprint density at radius 3 is 2.77 bits per heavy atom. The van der Waals surface area contributed by atoms with Gasteiger partial charge in [-0.1, -0.05) is 18.9 Å². The molecule has 0 radical (unpaired) electrons. The van der Waals surface area contributed by atoms with Crippen LogP contribution in [0, 0.1) is 0 Å². The van der Waals surface area contributed by atoms with Crippen molar-refractivity contribution in [2.75, 3.05) is 11.5 Å². The highest BCUT2D eigenvalue weighted by Crippen LogP contribution is 2.45. The monoisotopic (exact) mass is 214 g/mol. The minimum atomic E-state index is 0.548. The van der Waals surface area contributed by atoms with Crippen LogP contribution >= 0.6 is 22.2 Å². The van der Waals surface area contributed by atoms with Crippen LogP contribution < -0.4 is 0 Å². The Hall–Kier alpha value is 0.310. The molecule has 1 heterocycles. The van der Waals surface area contributed by atoms with Crippen LogP contribution in [-0.2, 0) is 0 Å². The number of hydrogen-bond acceptors (Lipinski definition) is 1. The Morgan fingerprint density at radius 2 is 2.08 bits per heavy atom. The van der Waals surface area contributed by atoms with Crippen LogP contribution in [0.5, 0.6) is 0 Å². The van der Waals surface area contributed by atoms with E-state index in [1.807, 2.05) is 5.57 Å². The predicted molar refractivity (Wildman–Crippen MR) is 66.8 cm³/mol. The van der Waals surface area contributed by atoms with Crippen LogP contribution in [0.3, 0.4) is 0 Å². The lowest BCUT2D eigenvalue weighted by molar-refractivity contribution is 0.599. The van der Waals surface area contributed by atoms with Crippen LogP contribution in [-0.4, -0.2) is 16.9 Å². The number of rotatable bonds is 1. The van der Waals surface area contributed by atoms with Crippen molar-refractivity contribution >= 4 is 27.6 Å². The molecule has 0 aromatic rings. The molecule has 0 nitrogen and oxygen atoms in total. The Kier molecular flexibility index (Phi) is 3.56. The van der Waals surface area contributed by atoms with Gasteiger partial charge in [0.05, 0.1) is 0 Å². The zero-order valence-corrected chi connectivity index (χ0v) is 9.98. The Bertz CT molecular complexity index is 243. The van der Waals surface area contributed by atoms with Gasteiger partial charge in [-0.25, -0.2) is 0 Å². The van der Waals surface area contributed by atoms with Gasteiger partial charge in [-0.3, -0.25) is 0 Å². The highest BCUT2D eigenvalue weighted by Gasteiger charge is 2.16. The van der Waals surface area contributed by atoms with Crippen molar-refractivity contribution < 1.29 is 0 Å². The maximum Gasteiger partial charge on any atom is 0.0339 e. The largest absolute Gasteiger partial charge is 0.152 e. The lowest BCUT2D eigenvalue weighted by Crippen LogP contribution is -1.95. The second kappa shape index (κ2) is 4.70. The Labute approximate surface area is 88.1 Å². The quantitative estimate of drug-likeness (QED) is 0.595. The first-order chi connectivity index (χ1) is 6.42. The molecule has 0 aromatic carbocycles. The standard InChI is InChI=1S/C11H18S2/c1-2-13-9-8-12-11(13)10-6-4-3-5-7-10/h9H,2-8H2,1H3. The van der Waals surface area contributed by atoms with E-state index >= 15 is 0 Å². The van der Waals surface area contributed by atoms with E-state index in [1.165, 1.54) is 43.6 Å². The molecule has 2 aliphatic rings. The molecule has 1 aliphatic carbocycles. The van der Waals surface area contributed by atoms with Gasteiger partial charge in [-0.15, -0.1) is 11.8 Å². The van der Waals surface area contributed by atoms with Gasteiger partial charge in [0.1, 0.15) is 0 Å². The summed E-state index contributed by atoms with van der Waals surface area (Å²) >= 11 is 2.12. The van der Waals surface area contributed by atoms with E-state index < -0.39 is 0 Å². The van der Waals surface area contributed by atoms with Crippen molar-refractivity contribution in [2.45, 2.75) is 39.0 Å². The second-order valence-corrected chi connectivity index (χ2v) is 7.11. The maximum atomic E-state index is 2.53. The van der Waals surface area contributed by atoms with Gasteiger partial charge in [0.2, 0.25) is 0 Å². The molecule has 1 aliphatic heterocycles. The fraction of sp³-hybridized carbons (Fsp3) is 0.727. The second-order valence-electron chi connectivity index (χ2n) is 3.65. The summed E-state index contributed by atoms with van der Waals surface area (Å²) in [5, 5.41) is 2.53. The Balaban J connectivity index is 2.16. The van der Waals surface area contributed by atoms with E-state index in [4.69, 9.17) is 0 Å². The summed E-state index contributed by atoms with van der Waals surface area (Å²) in [6, 6.07) is 0. The topological polar surface area (TPSA) is 0 Å². The summed E-state index contributed by atoms with van der Waals surface area (Å²) in [5.41, 5.74) is 1.81. The summed E-state index contributed by atoms with van der Waals surface area (Å²) in [6.07, 6.45) is 7.16. The third-order valence-corrected chi connectivity index (χ3v) is 6.83. The van der Waals surface area contributed by atoms with Gasteiger partial charge >= 0.3 is 0 Å². The van der Waals surface area contributed by atoms with E-state index in [-0.39, 0.29) is 0 Å². The zero-order valence-electron chi connectivity index (χ0n) is 8.34. The molecule has 2 rings (SSSR count). The van der Waals surface area contributed by atoms with Gasteiger partial charge in [-0.2, -0.15) is 10.5 Å². The van der Waals surface area contributed by atoms with Crippen molar-refractivity contribution in [2.24, 2.45) is 0 Å². The van der Waals surface area contributed by atoms with E-state index in [1.54, 1.807) is 4.24 Å². The normalized spacial score (nSPS) is 29.2. The van der Waals surface area contributed by atoms with Crippen molar-refractivity contribution in [3.05, 3.63) is 9.81 Å². The van der Waals surface area contributed by atoms with Gasteiger partial charge in [-0.05, 0) is 36.8 Å². The molecule has 2 heteroatoms. The third kappa shape index (κ3) is 2.21. The molecule has 13 heavy (non-hydrogen) atoms. The van der Waals surface area contributed by atoms with E-state index in [0.29, 0.717) is 10.5 Å². The molecular formula is C11H18S2. The van der Waals surface area contributed by atoms with E-state index in [0.717, 1.165) is 0 Å². The SMILES string of the molecule is CCS1=CCSC1=C1CCCCC1. The maximum absolute atomic E-state index is 2.53. The van der Waals surface area contributed by atoms with E-state index in [2.05, 4.69) is 24.1 Å². The van der Waals surface area contributed by atoms with Crippen LogP contribution in [0.4, 0.5) is 0 Å². The van der Waals surface area contributed by atoms with Crippen molar-refractivity contribution in [3.63, 3.8) is 0 Å². The summed E-state index contributed by atoms with van der Waals surface area (Å²) in [5.74, 6) is 2.61. The van der Waals surface area contributed by atoms with Crippen LogP contribution in [0.1, 0.15) is 39.0 Å². The minimum absolute atomic E-state index is 0.548. The summed E-state index contributed by atoms with van der Waals surface area (Å²) in [6.45, 7) is 2.33. The first kappa shape index (κ1) is 9.85. The summed E-state index contributed by atoms with van der Waals surface area (Å²) in [4.78, 5) is 0. The van der Waals surface area contributed by atoms with Crippen molar-refractivity contribution in [3.8, 4) is 0 Å². The van der Waals surface area contributed by atoms with Gasteiger partial charge < -0.3 is 0 Å². The van der Waals surface area contributed by atoms with Crippen LogP contribution in [0.2, 0.25) is 0 Å². The highest BCUT2D eigenvalue weighted by atomic mass is 32.2. The van der Waals surface area contributed by atoms with Gasteiger partial charge in [0, 0.05) is 9.99 Å². The molecular weight excluding hydrogens is 196 g/mol. The minimum Gasteiger partial charge on any atom is -0.152 e. The van der Waals surface area contributed by atoms with Gasteiger partial charge in [0.25, 0.3) is 0 Å². The molecule has 1 unspecified atom stereocenters. The molecule has 0 N–H and O–H groups in total. The number of thioether (sulfide) groups is 1. The summed E-state index contributed by atoms with van der Waals surface area (Å²) in [7, 11) is 0.548. The van der Waals surface area contributed by atoms with Crippen LogP contribution in [0.15, 0.2) is 9.81 Å². The predicted octanol–water partition coefficient (Wildman–Crippen LogP) is 4.00. The fourth-order valence-corrected chi connectivity index (χ4v) is 6.14. The number of hydrogen-bond donors (Lipinski definition) is 0. The average Bonchev–Trinajstić information content (AvgIpc) is 2.67. The summed E-state index contributed by atoms with van der Waals surface area (Å²) < 4.78 is 1.78. The van der Waals surface area contributed by atoms with Crippen molar-refractivity contribution in [1.29, 1.82) is 0 Å².